The van der Waals surface area contributed by atoms with Gasteiger partial charge in [0.2, 0.25) is 10.0 Å². The number of nitrogens with one attached hydrogen (secondary N) is 1. The number of amides is 1. The van der Waals surface area contributed by atoms with Gasteiger partial charge in [-0.15, -0.1) is 0 Å². The molecule has 2 aromatic heterocycles. The molecule has 0 atom stereocenters. The predicted molar refractivity (Wildman–Crippen MR) is 122 cm³/mol. The topological polar surface area (TPSA) is 147 Å². The van der Waals surface area contributed by atoms with Crippen molar-refractivity contribution in [1.29, 1.82) is 0 Å². The zero-order chi connectivity index (χ0) is 23.8. The summed E-state index contributed by atoms with van der Waals surface area (Å²) < 4.78 is 50.5. The maximum atomic E-state index is 13.0. The molecule has 1 fully saturated rings. The van der Waals surface area contributed by atoms with Gasteiger partial charge in [-0.05, 0) is 36.6 Å². The Labute approximate surface area is 191 Å². The second-order valence-corrected chi connectivity index (χ2v) is 11.7. The number of fused-ring (bicyclic) bond motifs is 1. The summed E-state index contributed by atoms with van der Waals surface area (Å²) in [4.78, 5) is 21.4. The molecule has 2 N–H and O–H groups in total. The van der Waals surface area contributed by atoms with Crippen LogP contribution < -0.4 is 9.62 Å². The molecular formula is C21H22N4O6S2. The van der Waals surface area contributed by atoms with E-state index in [2.05, 4.69) is 15.3 Å². The third-order valence-electron chi connectivity index (χ3n) is 5.33. The second-order valence-electron chi connectivity index (χ2n) is 7.69. The van der Waals surface area contributed by atoms with Gasteiger partial charge >= 0.3 is 0 Å². The lowest BCUT2D eigenvalue weighted by Crippen LogP contribution is -2.39. The quantitative estimate of drug-likeness (QED) is 0.548. The Bertz CT molecular complexity index is 1450. The van der Waals surface area contributed by atoms with Gasteiger partial charge in [0.1, 0.15) is 5.52 Å². The molecule has 33 heavy (non-hydrogen) atoms. The highest BCUT2D eigenvalue weighted by atomic mass is 32.2. The second kappa shape index (κ2) is 8.60. The molecule has 0 saturated carbocycles. The summed E-state index contributed by atoms with van der Waals surface area (Å²) in [7, 11) is -7.15. The van der Waals surface area contributed by atoms with Gasteiger partial charge in [-0.2, -0.15) is 0 Å². The monoisotopic (exact) mass is 490 g/mol. The number of sulfone groups is 1. The molecule has 12 heteroatoms. The van der Waals surface area contributed by atoms with Crippen LogP contribution in [0.1, 0.15) is 28.9 Å². The van der Waals surface area contributed by atoms with Gasteiger partial charge in [-0.3, -0.25) is 14.1 Å². The van der Waals surface area contributed by atoms with Gasteiger partial charge in [0, 0.05) is 30.9 Å². The molecule has 0 spiro atoms. The van der Waals surface area contributed by atoms with Crippen LogP contribution in [0.25, 0.3) is 10.9 Å². The molecule has 3 heterocycles. The molecule has 1 amide bonds. The van der Waals surface area contributed by atoms with Crippen LogP contribution in [0, 0.1) is 0 Å². The van der Waals surface area contributed by atoms with Gasteiger partial charge in [-0.25, -0.2) is 21.8 Å². The minimum atomic E-state index is -3.64. The van der Waals surface area contributed by atoms with Gasteiger partial charge in [0.05, 0.1) is 10.6 Å². The Balaban J connectivity index is 1.74. The summed E-state index contributed by atoms with van der Waals surface area (Å²) in [5, 5.41) is 13.6. The number of carbonyl (C=O) groups is 1. The number of benzene rings is 1. The van der Waals surface area contributed by atoms with Crippen LogP contribution in [-0.2, 0) is 26.4 Å². The van der Waals surface area contributed by atoms with E-state index < -0.39 is 37.2 Å². The van der Waals surface area contributed by atoms with E-state index in [-0.39, 0.29) is 35.1 Å². The fourth-order valence-electron chi connectivity index (χ4n) is 3.75. The highest BCUT2D eigenvalue weighted by Crippen LogP contribution is 2.35. The number of sulfonamides is 1. The van der Waals surface area contributed by atoms with Crippen LogP contribution >= 0.6 is 0 Å². The van der Waals surface area contributed by atoms with E-state index in [9.17, 15) is 26.7 Å². The van der Waals surface area contributed by atoms with Gasteiger partial charge in [0.15, 0.2) is 27.1 Å². The summed E-state index contributed by atoms with van der Waals surface area (Å²) in [6, 6.07) is 9.40. The average Bonchev–Trinajstić information content (AvgIpc) is 2.78. The lowest BCUT2D eigenvalue weighted by Gasteiger charge is -2.28. The third-order valence-corrected chi connectivity index (χ3v) is 8.36. The zero-order valence-corrected chi connectivity index (χ0v) is 19.4. The van der Waals surface area contributed by atoms with Crippen molar-refractivity contribution in [3.8, 4) is 5.75 Å². The molecule has 174 valence electrons. The summed E-state index contributed by atoms with van der Waals surface area (Å²) in [6.45, 7) is 0.0632. The SMILES string of the molecule is CS(=O)(=O)c1ccccc1CNC(=O)c1nc(N2CCCCS2(=O)=O)c2cccnc2c1O. The molecule has 10 nitrogen and oxygen atoms in total. The number of aromatic hydroxyl groups is 1. The summed E-state index contributed by atoms with van der Waals surface area (Å²) >= 11 is 0. The highest BCUT2D eigenvalue weighted by Gasteiger charge is 2.31. The minimum Gasteiger partial charge on any atom is -0.504 e. The lowest BCUT2D eigenvalue weighted by molar-refractivity contribution is 0.0943. The number of nitrogens with zero attached hydrogens (tertiary/aromatic N) is 3. The van der Waals surface area contributed by atoms with Gasteiger partial charge < -0.3 is 10.4 Å². The van der Waals surface area contributed by atoms with Crippen LogP contribution in [0.5, 0.6) is 5.75 Å². The maximum Gasteiger partial charge on any atom is 0.274 e. The fourth-order valence-corrected chi connectivity index (χ4v) is 6.29. The van der Waals surface area contributed by atoms with Crippen molar-refractivity contribution in [1.82, 2.24) is 15.3 Å². The zero-order valence-electron chi connectivity index (χ0n) is 17.7. The Morgan fingerprint density at radius 3 is 2.67 bits per heavy atom. The number of anilines is 1. The third kappa shape index (κ3) is 4.48. The van der Waals surface area contributed by atoms with Crippen molar-refractivity contribution in [2.75, 3.05) is 22.9 Å². The van der Waals surface area contributed by atoms with Crippen LogP contribution in [0.2, 0.25) is 0 Å². The maximum absolute atomic E-state index is 13.0. The van der Waals surface area contributed by atoms with E-state index in [1.807, 2.05) is 0 Å². The van der Waals surface area contributed by atoms with Crippen molar-refractivity contribution in [2.45, 2.75) is 24.3 Å². The van der Waals surface area contributed by atoms with E-state index in [1.54, 1.807) is 30.3 Å². The van der Waals surface area contributed by atoms with Crippen LogP contribution in [0.4, 0.5) is 5.82 Å². The minimum absolute atomic E-state index is 0.0253. The first-order valence-corrected chi connectivity index (χ1v) is 13.6. The van der Waals surface area contributed by atoms with Crippen molar-refractivity contribution < 1.29 is 26.7 Å². The number of carbonyl (C=O) groups excluding carboxylic acids is 1. The predicted octanol–water partition coefficient (Wildman–Crippen LogP) is 1.60. The first-order valence-electron chi connectivity index (χ1n) is 10.1. The molecule has 4 rings (SSSR count). The van der Waals surface area contributed by atoms with Crippen LogP contribution in [-0.4, -0.2) is 56.4 Å². The highest BCUT2D eigenvalue weighted by molar-refractivity contribution is 7.92. The normalized spacial score (nSPS) is 16.0. The molecular weight excluding hydrogens is 468 g/mol. The van der Waals surface area contributed by atoms with Crippen molar-refractivity contribution >= 4 is 42.5 Å². The van der Waals surface area contributed by atoms with Crippen LogP contribution in [0.3, 0.4) is 0 Å². The van der Waals surface area contributed by atoms with E-state index in [0.29, 0.717) is 23.8 Å². The van der Waals surface area contributed by atoms with Crippen molar-refractivity contribution in [2.24, 2.45) is 0 Å². The first-order chi connectivity index (χ1) is 15.6. The van der Waals surface area contributed by atoms with Crippen molar-refractivity contribution in [3.63, 3.8) is 0 Å². The van der Waals surface area contributed by atoms with Crippen LogP contribution in [0.15, 0.2) is 47.5 Å². The Hall–Kier alpha value is -3.25. The first kappa shape index (κ1) is 22.9. The fraction of sp³-hybridized carbons (Fsp3) is 0.286. The smallest absolute Gasteiger partial charge is 0.274 e. The van der Waals surface area contributed by atoms with Gasteiger partial charge in [0.25, 0.3) is 5.91 Å². The molecule has 0 bridgehead atoms. The molecule has 1 aliphatic heterocycles. The Kier molecular flexibility index (Phi) is 5.97. The summed E-state index contributed by atoms with van der Waals surface area (Å²) in [5.41, 5.74) is 0.0179. The average molecular weight is 491 g/mol. The summed E-state index contributed by atoms with van der Waals surface area (Å²) in [5.74, 6) is -1.30. The standard InChI is InChI=1S/C21H22N4O6S2/c1-32(28,29)16-9-3-2-7-14(16)13-23-21(27)18-19(26)17-15(8-6-10-22-17)20(24-18)25-11-4-5-12-33(25,30)31/h2-3,6-10,26H,4-5,11-13H2,1H3,(H,23,27). The Morgan fingerprint density at radius 1 is 1.18 bits per heavy atom. The summed E-state index contributed by atoms with van der Waals surface area (Å²) in [6.07, 6.45) is 3.65. The van der Waals surface area contributed by atoms with E-state index in [4.69, 9.17) is 0 Å². The molecule has 0 unspecified atom stereocenters. The van der Waals surface area contributed by atoms with E-state index >= 15 is 0 Å². The number of hydrogen-bond acceptors (Lipinski definition) is 8. The van der Waals surface area contributed by atoms with Gasteiger partial charge in [-0.1, -0.05) is 18.2 Å². The molecule has 1 aliphatic rings. The Morgan fingerprint density at radius 2 is 1.94 bits per heavy atom. The largest absolute Gasteiger partial charge is 0.504 e. The van der Waals surface area contributed by atoms with E-state index in [1.165, 1.54) is 12.3 Å². The number of pyridine rings is 2. The van der Waals surface area contributed by atoms with Crippen molar-refractivity contribution in [3.05, 3.63) is 53.9 Å². The molecule has 0 aliphatic carbocycles. The molecule has 0 radical (unpaired) electrons. The lowest BCUT2D eigenvalue weighted by atomic mass is 10.1. The van der Waals surface area contributed by atoms with E-state index in [0.717, 1.165) is 10.6 Å². The molecule has 3 aromatic rings. The number of aromatic nitrogens is 2. The number of rotatable bonds is 5. The molecule has 1 aromatic carbocycles. The molecule has 1 saturated heterocycles. The number of hydrogen-bond donors (Lipinski definition) is 2.